The van der Waals surface area contributed by atoms with Crippen molar-refractivity contribution in [1.82, 2.24) is 4.90 Å². The maximum atomic E-state index is 6.01. The number of likely N-dealkylation sites (tertiary alicyclic amines) is 1. The maximum Gasteiger partial charge on any atom is 0.0931 e. The number of hydrogen-bond donors (Lipinski definition) is 1. The minimum Gasteiger partial charge on any atom is -0.326 e. The first kappa shape index (κ1) is 10.4. The Bertz CT molecular complexity index is 307. The van der Waals surface area contributed by atoms with E-state index in [4.69, 9.17) is 17.3 Å². The van der Waals surface area contributed by atoms with Gasteiger partial charge < -0.3 is 5.73 Å². The zero-order chi connectivity index (χ0) is 10.1. The van der Waals surface area contributed by atoms with Crippen LogP contribution < -0.4 is 5.73 Å². The molecule has 2 rings (SSSR count). The average Bonchev–Trinajstić information content (AvgIpc) is 2.42. The maximum absolute atomic E-state index is 6.01. The molecular formula is C10H15ClN2S. The first-order chi connectivity index (χ1) is 6.68. The Morgan fingerprint density at radius 2 is 2.21 bits per heavy atom. The van der Waals surface area contributed by atoms with Gasteiger partial charge in [0.05, 0.1) is 10.4 Å². The van der Waals surface area contributed by atoms with E-state index in [1.807, 2.05) is 6.07 Å². The van der Waals surface area contributed by atoms with Crippen LogP contribution in [-0.2, 0) is 0 Å². The summed E-state index contributed by atoms with van der Waals surface area (Å²) in [6, 6.07) is 4.59. The van der Waals surface area contributed by atoms with Gasteiger partial charge in [-0.3, -0.25) is 4.90 Å². The zero-order valence-electron chi connectivity index (χ0n) is 8.24. The Hall–Kier alpha value is -0.0900. The smallest absolute Gasteiger partial charge is 0.0931 e. The summed E-state index contributed by atoms with van der Waals surface area (Å²) in [4.78, 5) is 3.72. The van der Waals surface area contributed by atoms with Gasteiger partial charge in [-0.25, -0.2) is 0 Å². The second-order valence-corrected chi connectivity index (χ2v) is 5.58. The summed E-state index contributed by atoms with van der Waals surface area (Å²) in [7, 11) is 0. The molecule has 78 valence electrons. The van der Waals surface area contributed by atoms with Crippen LogP contribution in [-0.4, -0.2) is 24.0 Å². The van der Waals surface area contributed by atoms with Crippen molar-refractivity contribution in [3.8, 4) is 0 Å². The fourth-order valence-electron chi connectivity index (χ4n) is 1.88. The van der Waals surface area contributed by atoms with E-state index in [9.17, 15) is 0 Å². The predicted octanol–water partition coefficient (Wildman–Crippen LogP) is 2.50. The number of nitrogens with zero attached hydrogens (tertiary/aromatic N) is 1. The highest BCUT2D eigenvalue weighted by Gasteiger charge is 2.29. The summed E-state index contributed by atoms with van der Waals surface area (Å²) in [5.41, 5.74) is 6.01. The molecule has 2 nitrogen and oxygen atoms in total. The van der Waals surface area contributed by atoms with Gasteiger partial charge in [0.1, 0.15) is 0 Å². The van der Waals surface area contributed by atoms with Crippen LogP contribution in [0.3, 0.4) is 0 Å². The Morgan fingerprint density at radius 3 is 2.57 bits per heavy atom. The molecule has 1 aromatic rings. The Kier molecular flexibility index (Phi) is 3.12. The molecule has 4 heteroatoms. The molecule has 1 aromatic heterocycles. The van der Waals surface area contributed by atoms with Gasteiger partial charge >= 0.3 is 0 Å². The molecule has 1 fully saturated rings. The van der Waals surface area contributed by atoms with Gasteiger partial charge in [0, 0.05) is 24.0 Å². The van der Waals surface area contributed by atoms with E-state index >= 15 is 0 Å². The van der Waals surface area contributed by atoms with Crippen LogP contribution in [0.4, 0.5) is 0 Å². The SMILES string of the molecule is CC(N)C(c1ccc(Cl)s1)N1CCC1. The molecule has 1 aliphatic heterocycles. The molecule has 2 unspecified atom stereocenters. The lowest BCUT2D eigenvalue weighted by Gasteiger charge is -2.39. The average molecular weight is 231 g/mol. The molecule has 1 saturated heterocycles. The molecule has 14 heavy (non-hydrogen) atoms. The van der Waals surface area contributed by atoms with E-state index in [0.717, 1.165) is 4.34 Å². The van der Waals surface area contributed by atoms with Crippen molar-refractivity contribution < 1.29 is 0 Å². The minimum absolute atomic E-state index is 0.171. The van der Waals surface area contributed by atoms with E-state index in [1.165, 1.54) is 24.4 Å². The summed E-state index contributed by atoms with van der Waals surface area (Å²) < 4.78 is 0.853. The summed E-state index contributed by atoms with van der Waals surface area (Å²) in [6.07, 6.45) is 1.29. The Morgan fingerprint density at radius 1 is 1.50 bits per heavy atom. The van der Waals surface area contributed by atoms with Gasteiger partial charge in [0.2, 0.25) is 0 Å². The van der Waals surface area contributed by atoms with Crippen LogP contribution >= 0.6 is 22.9 Å². The Labute approximate surface area is 93.7 Å². The molecule has 0 radical (unpaired) electrons. The molecule has 0 saturated carbocycles. The molecule has 0 aliphatic carbocycles. The van der Waals surface area contributed by atoms with Crippen LogP contribution in [0.25, 0.3) is 0 Å². The van der Waals surface area contributed by atoms with E-state index in [1.54, 1.807) is 11.3 Å². The number of thiophene rings is 1. The van der Waals surface area contributed by atoms with Gasteiger partial charge in [0.25, 0.3) is 0 Å². The first-order valence-corrected chi connectivity index (χ1v) is 6.13. The largest absolute Gasteiger partial charge is 0.326 e. The van der Waals surface area contributed by atoms with Crippen molar-refractivity contribution in [2.24, 2.45) is 5.73 Å². The molecule has 2 N–H and O–H groups in total. The second-order valence-electron chi connectivity index (χ2n) is 3.84. The zero-order valence-corrected chi connectivity index (χ0v) is 9.81. The monoisotopic (exact) mass is 230 g/mol. The van der Waals surface area contributed by atoms with Crippen molar-refractivity contribution in [3.63, 3.8) is 0 Å². The number of rotatable bonds is 3. The highest BCUT2D eigenvalue weighted by Crippen LogP contribution is 2.34. The quantitative estimate of drug-likeness (QED) is 0.865. The highest BCUT2D eigenvalue weighted by atomic mass is 35.5. The number of hydrogen-bond acceptors (Lipinski definition) is 3. The lowest BCUT2D eigenvalue weighted by molar-refractivity contribution is 0.106. The molecule has 2 heterocycles. The third-order valence-electron chi connectivity index (χ3n) is 2.67. The van der Waals surface area contributed by atoms with Gasteiger partial charge in [-0.2, -0.15) is 0 Å². The summed E-state index contributed by atoms with van der Waals surface area (Å²) >= 11 is 7.58. The van der Waals surface area contributed by atoms with E-state index in [0.29, 0.717) is 6.04 Å². The molecule has 0 bridgehead atoms. The van der Waals surface area contributed by atoms with Gasteiger partial charge in [-0.15, -0.1) is 11.3 Å². The van der Waals surface area contributed by atoms with Crippen molar-refractivity contribution in [1.29, 1.82) is 0 Å². The van der Waals surface area contributed by atoms with Crippen LogP contribution in [0.2, 0.25) is 4.34 Å². The van der Waals surface area contributed by atoms with Gasteiger partial charge in [0.15, 0.2) is 0 Å². The lowest BCUT2D eigenvalue weighted by atomic mass is 10.0. The minimum atomic E-state index is 0.171. The normalized spacial score (nSPS) is 21.6. The van der Waals surface area contributed by atoms with Gasteiger partial charge in [-0.05, 0) is 25.5 Å². The Balaban J connectivity index is 2.17. The molecule has 0 aromatic carbocycles. The van der Waals surface area contributed by atoms with Crippen molar-refractivity contribution in [2.45, 2.75) is 25.4 Å². The molecular weight excluding hydrogens is 216 g/mol. The molecule has 0 spiro atoms. The molecule has 1 aliphatic rings. The van der Waals surface area contributed by atoms with Crippen LogP contribution in [0.5, 0.6) is 0 Å². The first-order valence-electron chi connectivity index (χ1n) is 4.93. The molecule has 2 atom stereocenters. The fraction of sp³-hybridized carbons (Fsp3) is 0.600. The van der Waals surface area contributed by atoms with Gasteiger partial charge in [-0.1, -0.05) is 11.6 Å². The second kappa shape index (κ2) is 4.19. The van der Waals surface area contributed by atoms with Crippen LogP contribution in [0.1, 0.15) is 24.3 Å². The number of nitrogens with two attached hydrogens (primary N) is 1. The van der Waals surface area contributed by atoms with Crippen molar-refractivity contribution >= 4 is 22.9 Å². The summed E-state index contributed by atoms with van der Waals surface area (Å²) in [5, 5.41) is 0. The fourth-order valence-corrected chi connectivity index (χ4v) is 3.19. The van der Waals surface area contributed by atoms with Crippen molar-refractivity contribution in [3.05, 3.63) is 21.3 Å². The lowest BCUT2D eigenvalue weighted by Crippen LogP contribution is -2.46. The third-order valence-corrected chi connectivity index (χ3v) is 3.97. The van der Waals surface area contributed by atoms with Crippen LogP contribution in [0.15, 0.2) is 12.1 Å². The highest BCUT2D eigenvalue weighted by molar-refractivity contribution is 7.16. The number of halogens is 1. The van der Waals surface area contributed by atoms with E-state index in [2.05, 4.69) is 17.9 Å². The third kappa shape index (κ3) is 1.96. The van der Waals surface area contributed by atoms with Crippen LogP contribution in [0, 0.1) is 0 Å². The standard InChI is InChI=1S/C10H15ClN2S/c1-7(12)10(13-5-2-6-13)8-3-4-9(11)14-8/h3-4,7,10H,2,5-6,12H2,1H3. The topological polar surface area (TPSA) is 29.3 Å². The predicted molar refractivity (Wildman–Crippen MR) is 61.9 cm³/mol. The van der Waals surface area contributed by atoms with E-state index in [-0.39, 0.29) is 6.04 Å². The summed E-state index contributed by atoms with van der Waals surface area (Å²) in [6.45, 7) is 4.40. The van der Waals surface area contributed by atoms with E-state index < -0.39 is 0 Å². The molecule has 0 amide bonds. The van der Waals surface area contributed by atoms with Crippen molar-refractivity contribution in [2.75, 3.05) is 13.1 Å². The summed E-state index contributed by atoms with van der Waals surface area (Å²) in [5.74, 6) is 0.